The zero-order valence-corrected chi connectivity index (χ0v) is 5.28. The van der Waals surface area contributed by atoms with Gasteiger partial charge in [0, 0.05) is 6.42 Å². The number of hydrogen-bond acceptors (Lipinski definition) is 1. The Morgan fingerprint density at radius 2 is 2.38 bits per heavy atom. The molecule has 0 saturated carbocycles. The second-order valence-corrected chi connectivity index (χ2v) is 1.71. The Hall–Kier alpha value is -0.660. The van der Waals surface area contributed by atoms with Crippen LogP contribution in [0, 0.1) is 5.41 Å². The van der Waals surface area contributed by atoms with Gasteiger partial charge in [0.05, 0.1) is 0 Å². The number of aliphatic imine (C=N–C) groups is 1. The third-order valence-electron chi connectivity index (χ3n) is 0.958. The third kappa shape index (κ3) is 3.53. The smallest absolute Gasteiger partial charge is 0.119 e. The van der Waals surface area contributed by atoms with Crippen LogP contribution in [0.3, 0.4) is 0 Å². The third-order valence-corrected chi connectivity index (χ3v) is 0.958. The molecular weight excluding hydrogens is 100 g/mol. The number of hydrogen-bond donors (Lipinski definition) is 1. The number of nitrogens with one attached hydrogen (secondary N) is 1. The van der Waals surface area contributed by atoms with Crippen molar-refractivity contribution in [1.82, 2.24) is 0 Å². The van der Waals surface area contributed by atoms with Crippen LogP contribution in [-0.2, 0) is 0 Å². The Balaban J connectivity index is 3.11. The van der Waals surface area contributed by atoms with E-state index in [0.29, 0.717) is 5.84 Å². The maximum Gasteiger partial charge on any atom is 0.119 e. The molecule has 0 heterocycles. The van der Waals surface area contributed by atoms with E-state index >= 15 is 0 Å². The molecule has 0 aliphatic heterocycles. The predicted octanol–water partition coefficient (Wildman–Crippen LogP) is 1.85. The molecule has 0 unspecified atom stereocenters. The van der Waals surface area contributed by atoms with Gasteiger partial charge in [-0.3, -0.25) is 5.41 Å². The maximum absolute atomic E-state index is 7.01. The Labute approximate surface area is 50.1 Å². The summed E-state index contributed by atoms with van der Waals surface area (Å²) in [6, 6.07) is 0. The van der Waals surface area contributed by atoms with Crippen LogP contribution in [0.2, 0.25) is 0 Å². The highest BCUT2D eigenvalue weighted by molar-refractivity contribution is 5.83. The second kappa shape index (κ2) is 4.50. The van der Waals surface area contributed by atoms with Crippen LogP contribution in [-0.4, -0.2) is 12.6 Å². The van der Waals surface area contributed by atoms with E-state index < -0.39 is 0 Å². The average molecular weight is 112 g/mol. The molecule has 46 valence electrons. The summed E-state index contributed by atoms with van der Waals surface area (Å²) in [6.07, 6.45) is 2.95. The van der Waals surface area contributed by atoms with Crippen LogP contribution < -0.4 is 0 Å². The fraction of sp³-hybridized carbons (Fsp3) is 0.667. The first kappa shape index (κ1) is 7.34. The van der Waals surface area contributed by atoms with Gasteiger partial charge in [0.15, 0.2) is 0 Å². The topological polar surface area (TPSA) is 36.2 Å². The first-order valence-corrected chi connectivity index (χ1v) is 2.85. The fourth-order valence-corrected chi connectivity index (χ4v) is 0.423. The summed E-state index contributed by atoms with van der Waals surface area (Å²) in [5.41, 5.74) is 0. The van der Waals surface area contributed by atoms with Gasteiger partial charge in [-0.1, -0.05) is 13.3 Å². The van der Waals surface area contributed by atoms with Crippen LogP contribution >= 0.6 is 0 Å². The van der Waals surface area contributed by atoms with Crippen LogP contribution in [0.5, 0.6) is 0 Å². The van der Waals surface area contributed by atoms with Gasteiger partial charge in [-0.25, -0.2) is 4.99 Å². The lowest BCUT2D eigenvalue weighted by atomic mass is 10.2. The van der Waals surface area contributed by atoms with Crippen LogP contribution in [0.15, 0.2) is 4.99 Å². The molecule has 0 radical (unpaired) electrons. The van der Waals surface area contributed by atoms with E-state index in [4.69, 9.17) is 5.41 Å². The van der Waals surface area contributed by atoms with E-state index in [1.807, 2.05) is 0 Å². The Morgan fingerprint density at radius 3 is 2.75 bits per heavy atom. The Kier molecular flexibility index (Phi) is 4.13. The summed E-state index contributed by atoms with van der Waals surface area (Å²) in [4.78, 5) is 3.46. The van der Waals surface area contributed by atoms with Gasteiger partial charge in [-0.2, -0.15) is 0 Å². The van der Waals surface area contributed by atoms with Crippen molar-refractivity contribution in [1.29, 1.82) is 5.41 Å². The van der Waals surface area contributed by atoms with E-state index in [9.17, 15) is 0 Å². The SMILES string of the molecule is C=NC(=N)CCCC. The molecular formula is C6H12N2. The van der Waals surface area contributed by atoms with Crippen molar-refractivity contribution in [2.45, 2.75) is 26.2 Å². The molecule has 2 heteroatoms. The highest BCUT2D eigenvalue weighted by Gasteiger charge is 1.87. The fourth-order valence-electron chi connectivity index (χ4n) is 0.423. The monoisotopic (exact) mass is 112 g/mol. The van der Waals surface area contributed by atoms with Gasteiger partial charge < -0.3 is 0 Å². The second-order valence-electron chi connectivity index (χ2n) is 1.71. The zero-order chi connectivity index (χ0) is 6.41. The summed E-state index contributed by atoms with van der Waals surface area (Å²) in [5.74, 6) is 0.409. The molecule has 0 fully saturated rings. The Morgan fingerprint density at radius 1 is 1.75 bits per heavy atom. The van der Waals surface area contributed by atoms with Gasteiger partial charge >= 0.3 is 0 Å². The quantitative estimate of drug-likeness (QED) is 0.427. The molecule has 0 atom stereocenters. The van der Waals surface area contributed by atoms with E-state index in [0.717, 1.165) is 19.3 Å². The first-order chi connectivity index (χ1) is 3.81. The molecule has 0 aromatic heterocycles. The minimum absolute atomic E-state index is 0.409. The van der Waals surface area contributed by atoms with E-state index in [1.54, 1.807) is 0 Å². The van der Waals surface area contributed by atoms with Gasteiger partial charge in [-0.05, 0) is 13.1 Å². The summed E-state index contributed by atoms with van der Waals surface area (Å²) in [6.45, 7) is 5.33. The van der Waals surface area contributed by atoms with Crippen molar-refractivity contribution in [3.05, 3.63) is 0 Å². The summed E-state index contributed by atoms with van der Waals surface area (Å²) in [7, 11) is 0. The molecule has 8 heavy (non-hydrogen) atoms. The minimum Gasteiger partial charge on any atom is -0.287 e. The number of unbranched alkanes of at least 4 members (excludes halogenated alkanes) is 1. The van der Waals surface area contributed by atoms with E-state index in [-0.39, 0.29) is 0 Å². The highest BCUT2D eigenvalue weighted by Crippen LogP contribution is 1.94. The van der Waals surface area contributed by atoms with Crippen LogP contribution in [0.25, 0.3) is 0 Å². The van der Waals surface area contributed by atoms with Crippen molar-refractivity contribution in [2.75, 3.05) is 0 Å². The lowest BCUT2D eigenvalue weighted by molar-refractivity contribution is 0.829. The summed E-state index contributed by atoms with van der Waals surface area (Å²) < 4.78 is 0. The van der Waals surface area contributed by atoms with Crippen molar-refractivity contribution in [2.24, 2.45) is 4.99 Å². The standard InChI is InChI=1S/C6H12N2/c1-3-4-5-6(7)8-2/h7H,2-5H2,1H3. The highest BCUT2D eigenvalue weighted by atomic mass is 14.8. The molecule has 0 aliphatic carbocycles. The first-order valence-electron chi connectivity index (χ1n) is 2.85. The lowest BCUT2D eigenvalue weighted by Gasteiger charge is -1.91. The minimum atomic E-state index is 0.409. The molecule has 0 aromatic carbocycles. The number of rotatable bonds is 3. The van der Waals surface area contributed by atoms with Gasteiger partial charge in [-0.15, -0.1) is 0 Å². The van der Waals surface area contributed by atoms with Crippen molar-refractivity contribution in [3.8, 4) is 0 Å². The molecule has 0 bridgehead atoms. The van der Waals surface area contributed by atoms with E-state index in [2.05, 4.69) is 18.6 Å². The molecule has 0 aliphatic rings. The van der Waals surface area contributed by atoms with Crippen molar-refractivity contribution < 1.29 is 0 Å². The summed E-state index contributed by atoms with van der Waals surface area (Å²) >= 11 is 0. The molecule has 2 nitrogen and oxygen atoms in total. The average Bonchev–Trinajstić information content (AvgIpc) is 1.83. The van der Waals surface area contributed by atoms with Crippen molar-refractivity contribution in [3.63, 3.8) is 0 Å². The van der Waals surface area contributed by atoms with Gasteiger partial charge in [0.2, 0.25) is 0 Å². The predicted molar refractivity (Wildman–Crippen MR) is 36.8 cm³/mol. The molecule has 0 amide bonds. The summed E-state index contributed by atoms with van der Waals surface area (Å²) in [5, 5.41) is 7.01. The largest absolute Gasteiger partial charge is 0.287 e. The van der Waals surface area contributed by atoms with E-state index in [1.165, 1.54) is 0 Å². The zero-order valence-electron chi connectivity index (χ0n) is 5.28. The lowest BCUT2D eigenvalue weighted by Crippen LogP contribution is -1.88. The maximum atomic E-state index is 7.01. The van der Waals surface area contributed by atoms with Crippen LogP contribution in [0.1, 0.15) is 26.2 Å². The molecule has 0 rings (SSSR count). The normalized spacial score (nSPS) is 8.62. The molecule has 0 spiro atoms. The molecule has 0 saturated heterocycles. The van der Waals surface area contributed by atoms with Gasteiger partial charge in [0.1, 0.15) is 5.84 Å². The Bertz CT molecular complexity index is 86.5. The van der Waals surface area contributed by atoms with Gasteiger partial charge in [0.25, 0.3) is 0 Å². The number of nitrogens with zero attached hydrogens (tertiary/aromatic N) is 1. The molecule has 1 N–H and O–H groups in total. The number of amidine groups is 1. The van der Waals surface area contributed by atoms with Crippen LogP contribution in [0.4, 0.5) is 0 Å². The van der Waals surface area contributed by atoms with Crippen molar-refractivity contribution >= 4 is 12.6 Å². The molecule has 0 aromatic rings.